The Labute approximate surface area is 181 Å². The highest BCUT2D eigenvalue weighted by molar-refractivity contribution is 7.92. The lowest BCUT2D eigenvalue weighted by molar-refractivity contribution is 0.122. The Morgan fingerprint density at radius 3 is 2.53 bits per heavy atom. The van der Waals surface area contributed by atoms with Gasteiger partial charge in [0.25, 0.3) is 10.0 Å². The summed E-state index contributed by atoms with van der Waals surface area (Å²) in [5, 5.41) is 4.65. The van der Waals surface area contributed by atoms with Gasteiger partial charge in [0.2, 0.25) is 0 Å². The SMILES string of the molecule is Cn1cc(S(=O)(=O)Nc2ccc(Cc3ccc(Cl)cc3)c(N3CCOCC3)c2)cn1. The van der Waals surface area contributed by atoms with E-state index in [4.69, 9.17) is 16.3 Å². The number of nitrogens with one attached hydrogen (secondary N) is 1. The second-order valence-corrected chi connectivity index (χ2v) is 9.32. The van der Waals surface area contributed by atoms with Crippen molar-refractivity contribution in [2.75, 3.05) is 35.9 Å². The summed E-state index contributed by atoms with van der Waals surface area (Å²) in [6.07, 6.45) is 3.53. The maximum absolute atomic E-state index is 12.7. The molecule has 0 unspecified atom stereocenters. The molecule has 1 aromatic heterocycles. The fourth-order valence-electron chi connectivity index (χ4n) is 3.45. The van der Waals surface area contributed by atoms with Gasteiger partial charge in [0.05, 0.1) is 25.1 Å². The summed E-state index contributed by atoms with van der Waals surface area (Å²) in [5.74, 6) is 0. The standard InChI is InChI=1S/C21H23ClN4O3S/c1-25-15-20(14-23-25)30(27,28)24-19-7-4-17(12-16-2-5-18(22)6-3-16)21(13-19)26-8-10-29-11-9-26/h2-7,13-15,24H,8-12H2,1H3. The van der Waals surface area contributed by atoms with Crippen LogP contribution >= 0.6 is 11.6 Å². The third-order valence-electron chi connectivity index (χ3n) is 4.99. The van der Waals surface area contributed by atoms with E-state index in [-0.39, 0.29) is 4.90 Å². The van der Waals surface area contributed by atoms with Gasteiger partial charge in [0.15, 0.2) is 0 Å². The van der Waals surface area contributed by atoms with Crippen LogP contribution in [0.2, 0.25) is 5.02 Å². The maximum Gasteiger partial charge on any atom is 0.265 e. The highest BCUT2D eigenvalue weighted by atomic mass is 35.5. The molecular weight excluding hydrogens is 424 g/mol. The van der Waals surface area contributed by atoms with Gasteiger partial charge in [-0.2, -0.15) is 5.10 Å². The molecule has 30 heavy (non-hydrogen) atoms. The Morgan fingerprint density at radius 1 is 1.13 bits per heavy atom. The number of aryl methyl sites for hydroxylation is 1. The minimum Gasteiger partial charge on any atom is -0.378 e. The Hall–Kier alpha value is -2.55. The second-order valence-electron chi connectivity index (χ2n) is 7.20. The molecular formula is C21H23ClN4O3S. The second kappa shape index (κ2) is 8.67. The molecule has 0 radical (unpaired) electrons. The van der Waals surface area contributed by atoms with E-state index in [2.05, 4.69) is 14.7 Å². The van der Waals surface area contributed by atoms with Gasteiger partial charge >= 0.3 is 0 Å². The first-order valence-corrected chi connectivity index (χ1v) is 11.5. The van der Waals surface area contributed by atoms with E-state index in [1.807, 2.05) is 36.4 Å². The van der Waals surface area contributed by atoms with Crippen molar-refractivity contribution in [1.29, 1.82) is 0 Å². The first-order valence-electron chi connectivity index (χ1n) is 9.62. The lowest BCUT2D eigenvalue weighted by Gasteiger charge is -2.31. The van der Waals surface area contributed by atoms with Gasteiger partial charge in [-0.1, -0.05) is 29.8 Å². The normalized spacial score (nSPS) is 14.7. The predicted molar refractivity (Wildman–Crippen MR) is 118 cm³/mol. The molecule has 0 atom stereocenters. The zero-order valence-electron chi connectivity index (χ0n) is 16.6. The van der Waals surface area contributed by atoms with Gasteiger partial charge in [0, 0.05) is 37.0 Å². The number of sulfonamides is 1. The highest BCUT2D eigenvalue weighted by Crippen LogP contribution is 2.29. The molecule has 0 amide bonds. The van der Waals surface area contributed by atoms with Gasteiger partial charge in [-0.05, 0) is 41.8 Å². The van der Waals surface area contributed by atoms with Crippen LogP contribution in [0.3, 0.4) is 0 Å². The lowest BCUT2D eigenvalue weighted by atomic mass is 10.0. The quantitative estimate of drug-likeness (QED) is 0.628. The third-order valence-corrected chi connectivity index (χ3v) is 6.58. The van der Waals surface area contributed by atoms with Crippen LogP contribution in [0.25, 0.3) is 0 Å². The first kappa shape index (κ1) is 20.7. The van der Waals surface area contributed by atoms with Crippen LogP contribution in [0.15, 0.2) is 59.8 Å². The maximum atomic E-state index is 12.7. The van der Waals surface area contributed by atoms with Crippen LogP contribution in [-0.2, 0) is 28.2 Å². The summed E-state index contributed by atoms with van der Waals surface area (Å²) in [5.41, 5.74) is 3.76. The Kier molecular flexibility index (Phi) is 5.99. The van der Waals surface area contributed by atoms with Crippen molar-refractivity contribution >= 4 is 33.0 Å². The van der Waals surface area contributed by atoms with E-state index in [0.717, 1.165) is 36.3 Å². The zero-order chi connectivity index (χ0) is 21.1. The third kappa shape index (κ3) is 4.77. The molecule has 7 nitrogen and oxygen atoms in total. The molecule has 1 fully saturated rings. The number of ether oxygens (including phenoxy) is 1. The summed E-state index contributed by atoms with van der Waals surface area (Å²) < 4.78 is 35.0. The van der Waals surface area contributed by atoms with E-state index in [0.29, 0.717) is 23.9 Å². The van der Waals surface area contributed by atoms with E-state index in [1.54, 1.807) is 13.1 Å². The molecule has 4 rings (SSSR count). The van der Waals surface area contributed by atoms with E-state index in [9.17, 15) is 8.42 Å². The number of hydrogen-bond acceptors (Lipinski definition) is 5. The van der Waals surface area contributed by atoms with Crippen molar-refractivity contribution in [1.82, 2.24) is 9.78 Å². The van der Waals surface area contributed by atoms with Gasteiger partial charge in [-0.25, -0.2) is 8.42 Å². The Bertz CT molecular complexity index is 1120. The van der Waals surface area contributed by atoms with Gasteiger partial charge < -0.3 is 9.64 Å². The van der Waals surface area contributed by atoms with Crippen LogP contribution in [0, 0.1) is 0 Å². The molecule has 2 aromatic carbocycles. The summed E-state index contributed by atoms with van der Waals surface area (Å²) >= 11 is 6.01. The van der Waals surface area contributed by atoms with Crippen molar-refractivity contribution in [2.45, 2.75) is 11.3 Å². The smallest absolute Gasteiger partial charge is 0.265 e. The van der Waals surface area contributed by atoms with Crippen molar-refractivity contribution < 1.29 is 13.2 Å². The van der Waals surface area contributed by atoms with Gasteiger partial charge in [-0.3, -0.25) is 9.40 Å². The first-order chi connectivity index (χ1) is 14.4. The molecule has 1 N–H and O–H groups in total. The summed E-state index contributed by atoms with van der Waals surface area (Å²) in [6, 6.07) is 13.4. The minimum absolute atomic E-state index is 0.128. The van der Waals surface area contributed by atoms with E-state index in [1.165, 1.54) is 17.1 Å². The number of rotatable bonds is 6. The average Bonchev–Trinajstić information content (AvgIpc) is 3.19. The van der Waals surface area contributed by atoms with Gasteiger partial charge in [-0.15, -0.1) is 0 Å². The summed E-state index contributed by atoms with van der Waals surface area (Å²) in [7, 11) is -2.03. The minimum atomic E-state index is -3.71. The molecule has 0 bridgehead atoms. The molecule has 0 aliphatic carbocycles. The molecule has 1 saturated heterocycles. The topological polar surface area (TPSA) is 76.5 Å². The predicted octanol–water partition coefficient (Wildman–Crippen LogP) is 3.30. The lowest BCUT2D eigenvalue weighted by Crippen LogP contribution is -2.36. The monoisotopic (exact) mass is 446 g/mol. The number of morpholine rings is 1. The van der Waals surface area contributed by atoms with Crippen LogP contribution in [-0.4, -0.2) is 44.5 Å². The zero-order valence-corrected chi connectivity index (χ0v) is 18.2. The molecule has 2 heterocycles. The summed E-state index contributed by atoms with van der Waals surface area (Å²) in [6.45, 7) is 2.80. The summed E-state index contributed by atoms with van der Waals surface area (Å²) in [4.78, 5) is 2.36. The van der Waals surface area contributed by atoms with Crippen molar-refractivity contribution in [3.05, 3.63) is 71.0 Å². The van der Waals surface area contributed by atoms with E-state index < -0.39 is 10.0 Å². The number of hydrogen-bond donors (Lipinski definition) is 1. The largest absolute Gasteiger partial charge is 0.378 e. The highest BCUT2D eigenvalue weighted by Gasteiger charge is 2.19. The number of halogens is 1. The van der Waals surface area contributed by atoms with Gasteiger partial charge in [0.1, 0.15) is 4.90 Å². The molecule has 1 aliphatic heterocycles. The molecule has 0 spiro atoms. The van der Waals surface area contributed by atoms with Crippen LogP contribution in [0.1, 0.15) is 11.1 Å². The number of nitrogens with zero attached hydrogens (tertiary/aromatic N) is 3. The van der Waals surface area contributed by atoms with Crippen molar-refractivity contribution in [3.8, 4) is 0 Å². The molecule has 158 valence electrons. The van der Waals surface area contributed by atoms with Crippen LogP contribution in [0.5, 0.6) is 0 Å². The van der Waals surface area contributed by atoms with Crippen molar-refractivity contribution in [2.24, 2.45) is 7.05 Å². The fraction of sp³-hybridized carbons (Fsp3) is 0.286. The average molecular weight is 447 g/mol. The fourth-order valence-corrected chi connectivity index (χ4v) is 4.61. The molecule has 0 saturated carbocycles. The molecule has 1 aliphatic rings. The molecule has 9 heteroatoms. The van der Waals surface area contributed by atoms with E-state index >= 15 is 0 Å². The number of anilines is 2. The van der Waals surface area contributed by atoms with Crippen molar-refractivity contribution in [3.63, 3.8) is 0 Å². The Balaban J connectivity index is 1.65. The molecule has 3 aromatic rings. The number of aromatic nitrogens is 2. The Morgan fingerprint density at radius 2 is 1.87 bits per heavy atom. The van der Waals surface area contributed by atoms with Crippen LogP contribution in [0.4, 0.5) is 11.4 Å². The number of benzene rings is 2. The van der Waals surface area contributed by atoms with Crippen LogP contribution < -0.4 is 9.62 Å².